The third kappa shape index (κ3) is 5.11. The predicted molar refractivity (Wildman–Crippen MR) is 110 cm³/mol. The van der Waals surface area contributed by atoms with E-state index in [1.54, 1.807) is 0 Å². The first-order chi connectivity index (χ1) is 14.3. The maximum absolute atomic E-state index is 12.3. The van der Waals surface area contributed by atoms with E-state index in [9.17, 15) is 25.0 Å². The Labute approximate surface area is 177 Å². The van der Waals surface area contributed by atoms with Gasteiger partial charge in [-0.3, -0.25) is 29.7 Å². The van der Waals surface area contributed by atoms with Crippen molar-refractivity contribution in [2.45, 2.75) is 6.54 Å². The number of nitro groups is 2. The van der Waals surface area contributed by atoms with Gasteiger partial charge >= 0.3 is 5.69 Å². The van der Waals surface area contributed by atoms with Crippen LogP contribution in [-0.2, 0) is 6.54 Å². The molecule has 3 aromatic rings. The fourth-order valence-electron chi connectivity index (χ4n) is 2.51. The Morgan fingerprint density at radius 1 is 1.17 bits per heavy atom. The van der Waals surface area contributed by atoms with Crippen LogP contribution in [0.15, 0.2) is 64.3 Å². The number of hydrogen-bond acceptors (Lipinski definition) is 7. The molecule has 1 amide bonds. The van der Waals surface area contributed by atoms with Gasteiger partial charge in [-0.2, -0.15) is 10.2 Å². The van der Waals surface area contributed by atoms with Crippen LogP contribution in [0.3, 0.4) is 0 Å². The molecule has 0 radical (unpaired) electrons. The fraction of sp³-hybridized carbons (Fsp3) is 0.0556. The highest BCUT2D eigenvalue weighted by atomic mass is 79.9. The van der Waals surface area contributed by atoms with E-state index in [0.717, 1.165) is 10.0 Å². The minimum absolute atomic E-state index is 0.0807. The van der Waals surface area contributed by atoms with Crippen molar-refractivity contribution >= 4 is 39.4 Å². The van der Waals surface area contributed by atoms with E-state index in [1.807, 2.05) is 24.3 Å². The minimum Gasteiger partial charge on any atom is -0.265 e. The van der Waals surface area contributed by atoms with Crippen molar-refractivity contribution in [1.82, 2.24) is 15.2 Å². The van der Waals surface area contributed by atoms with E-state index in [1.165, 1.54) is 41.4 Å². The molecule has 0 aliphatic heterocycles. The number of hydrogen-bond donors (Lipinski definition) is 1. The Hall–Kier alpha value is -3.93. The number of aromatic nitrogens is 2. The third-order valence-corrected chi connectivity index (χ3v) is 4.36. The SMILES string of the molecule is O=C(N/N=C\c1ccc([N+](=O)[O-])cc1)c1nn(Cc2cccc(Br)c2)cc1[N+](=O)[O-]. The van der Waals surface area contributed by atoms with Gasteiger partial charge in [-0.25, -0.2) is 5.43 Å². The number of amides is 1. The summed E-state index contributed by atoms with van der Waals surface area (Å²) in [6.07, 6.45) is 2.43. The summed E-state index contributed by atoms with van der Waals surface area (Å²) in [4.78, 5) is 33.0. The van der Waals surface area contributed by atoms with Crippen LogP contribution in [0.4, 0.5) is 11.4 Å². The lowest BCUT2D eigenvalue weighted by molar-refractivity contribution is -0.385. The molecule has 0 unspecified atom stereocenters. The Morgan fingerprint density at radius 3 is 2.53 bits per heavy atom. The molecule has 0 aliphatic rings. The molecule has 0 atom stereocenters. The van der Waals surface area contributed by atoms with Gasteiger partial charge in [0.15, 0.2) is 0 Å². The molecule has 0 saturated heterocycles. The smallest absolute Gasteiger partial charge is 0.265 e. The molecular formula is C18H13BrN6O5. The molecule has 11 nitrogen and oxygen atoms in total. The number of nitrogens with one attached hydrogen (secondary N) is 1. The van der Waals surface area contributed by atoms with Crippen molar-refractivity contribution in [2.24, 2.45) is 5.10 Å². The molecule has 152 valence electrons. The fourth-order valence-corrected chi connectivity index (χ4v) is 2.96. The average molecular weight is 473 g/mol. The van der Waals surface area contributed by atoms with Crippen LogP contribution in [0.1, 0.15) is 21.6 Å². The summed E-state index contributed by atoms with van der Waals surface area (Å²) >= 11 is 3.35. The standard InChI is InChI=1S/C18H13BrN6O5/c19-14-3-1-2-13(8-14)10-23-11-16(25(29)30)17(22-23)18(26)21-20-9-12-4-6-15(7-5-12)24(27)28/h1-9,11H,10H2,(H,21,26)/b20-9-. The normalized spacial score (nSPS) is 10.8. The van der Waals surface area contributed by atoms with Crippen LogP contribution in [0, 0.1) is 20.2 Å². The number of rotatable bonds is 7. The maximum Gasteiger partial charge on any atom is 0.320 e. The number of carbonyl (C=O) groups excluding carboxylic acids is 1. The van der Waals surface area contributed by atoms with Gasteiger partial charge < -0.3 is 0 Å². The van der Waals surface area contributed by atoms with E-state index in [0.29, 0.717) is 5.56 Å². The minimum atomic E-state index is -0.854. The van der Waals surface area contributed by atoms with Crippen molar-refractivity contribution < 1.29 is 14.6 Å². The van der Waals surface area contributed by atoms with Gasteiger partial charge in [-0.05, 0) is 35.4 Å². The van der Waals surface area contributed by atoms with E-state index in [4.69, 9.17) is 0 Å². The molecule has 0 saturated carbocycles. The van der Waals surface area contributed by atoms with Crippen molar-refractivity contribution in [1.29, 1.82) is 0 Å². The Bertz CT molecular complexity index is 1140. The number of hydrazone groups is 1. The van der Waals surface area contributed by atoms with Crippen LogP contribution in [0.25, 0.3) is 0 Å². The lowest BCUT2D eigenvalue weighted by atomic mass is 10.2. The van der Waals surface area contributed by atoms with Gasteiger partial charge in [0.1, 0.15) is 6.20 Å². The topological polar surface area (TPSA) is 146 Å². The second-order valence-corrected chi connectivity index (χ2v) is 6.91. The quantitative estimate of drug-likeness (QED) is 0.317. The molecular weight excluding hydrogens is 460 g/mol. The molecule has 3 rings (SSSR count). The Balaban J connectivity index is 1.73. The summed E-state index contributed by atoms with van der Waals surface area (Å²) in [5.41, 5.74) is 2.60. The van der Waals surface area contributed by atoms with Crippen LogP contribution >= 0.6 is 15.9 Å². The largest absolute Gasteiger partial charge is 0.320 e. The molecule has 0 spiro atoms. The van der Waals surface area contributed by atoms with E-state index >= 15 is 0 Å². The molecule has 1 N–H and O–H groups in total. The van der Waals surface area contributed by atoms with Gasteiger partial charge in [0.05, 0.1) is 22.6 Å². The van der Waals surface area contributed by atoms with Crippen LogP contribution < -0.4 is 5.43 Å². The maximum atomic E-state index is 12.3. The zero-order chi connectivity index (χ0) is 21.7. The molecule has 0 aliphatic carbocycles. The lowest BCUT2D eigenvalue weighted by Gasteiger charge is -2.01. The number of carbonyl (C=O) groups is 1. The molecule has 0 bridgehead atoms. The van der Waals surface area contributed by atoms with E-state index in [-0.39, 0.29) is 17.9 Å². The second kappa shape index (κ2) is 9.05. The summed E-state index contributed by atoms with van der Waals surface area (Å²) in [6.45, 7) is 0.236. The number of non-ortho nitro benzene ring substituents is 1. The summed E-state index contributed by atoms with van der Waals surface area (Å²) in [6, 6.07) is 12.8. The first-order valence-corrected chi connectivity index (χ1v) is 9.17. The van der Waals surface area contributed by atoms with Gasteiger partial charge in [-0.1, -0.05) is 28.1 Å². The number of nitrogens with zero attached hydrogens (tertiary/aromatic N) is 5. The van der Waals surface area contributed by atoms with E-state index in [2.05, 4.69) is 31.6 Å². The van der Waals surface area contributed by atoms with Crippen molar-refractivity contribution in [2.75, 3.05) is 0 Å². The number of nitro benzene ring substituents is 1. The first kappa shape index (κ1) is 20.8. The predicted octanol–water partition coefficient (Wildman–Crippen LogP) is 3.27. The zero-order valence-electron chi connectivity index (χ0n) is 15.1. The molecule has 1 aromatic heterocycles. The second-order valence-electron chi connectivity index (χ2n) is 6.00. The highest BCUT2D eigenvalue weighted by Crippen LogP contribution is 2.19. The van der Waals surface area contributed by atoms with Crippen molar-refractivity contribution in [3.05, 3.63) is 96.2 Å². The van der Waals surface area contributed by atoms with Crippen LogP contribution in [0.5, 0.6) is 0 Å². The average Bonchev–Trinajstić information content (AvgIpc) is 3.12. The highest BCUT2D eigenvalue weighted by molar-refractivity contribution is 9.10. The van der Waals surface area contributed by atoms with Crippen LogP contribution in [-0.4, -0.2) is 31.7 Å². The summed E-state index contributed by atoms with van der Waals surface area (Å²) in [5.74, 6) is -0.854. The van der Waals surface area contributed by atoms with Gasteiger partial charge in [0.25, 0.3) is 11.6 Å². The highest BCUT2D eigenvalue weighted by Gasteiger charge is 2.25. The van der Waals surface area contributed by atoms with Crippen LogP contribution in [0.2, 0.25) is 0 Å². The monoisotopic (exact) mass is 472 g/mol. The van der Waals surface area contributed by atoms with E-state index < -0.39 is 21.4 Å². The zero-order valence-corrected chi connectivity index (χ0v) is 16.7. The lowest BCUT2D eigenvalue weighted by Crippen LogP contribution is -2.19. The molecule has 0 fully saturated rings. The molecule has 2 aromatic carbocycles. The van der Waals surface area contributed by atoms with Crippen molar-refractivity contribution in [3.8, 4) is 0 Å². The molecule has 1 heterocycles. The molecule has 30 heavy (non-hydrogen) atoms. The number of benzene rings is 2. The molecule has 12 heteroatoms. The summed E-state index contributed by atoms with van der Waals surface area (Å²) in [5, 5.41) is 29.7. The first-order valence-electron chi connectivity index (χ1n) is 8.37. The van der Waals surface area contributed by atoms with Crippen molar-refractivity contribution in [3.63, 3.8) is 0 Å². The third-order valence-electron chi connectivity index (χ3n) is 3.87. The Kier molecular flexibility index (Phi) is 6.27. The van der Waals surface area contributed by atoms with Gasteiger partial charge in [-0.15, -0.1) is 0 Å². The Morgan fingerprint density at radius 2 is 1.90 bits per heavy atom. The summed E-state index contributed by atoms with van der Waals surface area (Å²) < 4.78 is 2.15. The number of halogens is 1. The summed E-state index contributed by atoms with van der Waals surface area (Å²) in [7, 11) is 0. The van der Waals surface area contributed by atoms with Gasteiger partial charge in [0.2, 0.25) is 5.69 Å². The van der Waals surface area contributed by atoms with Gasteiger partial charge in [0, 0.05) is 16.6 Å².